The molecule has 0 spiro atoms. The van der Waals surface area contributed by atoms with Crippen molar-refractivity contribution >= 4 is 17.2 Å². The van der Waals surface area contributed by atoms with Crippen molar-refractivity contribution in [1.29, 1.82) is 0 Å². The summed E-state index contributed by atoms with van der Waals surface area (Å²) in [5.41, 5.74) is 0.653. The second kappa shape index (κ2) is 7.76. The topological polar surface area (TPSA) is 63.1 Å². The van der Waals surface area contributed by atoms with E-state index in [1.807, 2.05) is 31.6 Å². The fourth-order valence-corrected chi connectivity index (χ4v) is 3.52. The molecule has 0 aliphatic heterocycles. The highest BCUT2D eigenvalue weighted by molar-refractivity contribution is 7.10. The van der Waals surface area contributed by atoms with E-state index in [1.165, 1.54) is 21.7 Å². The van der Waals surface area contributed by atoms with E-state index >= 15 is 0 Å². The van der Waals surface area contributed by atoms with Crippen LogP contribution in [0.4, 0.5) is 4.39 Å². The monoisotopic (exact) mass is 373 g/mol. The quantitative estimate of drug-likeness (QED) is 0.722. The van der Waals surface area contributed by atoms with Crippen LogP contribution in [0.2, 0.25) is 0 Å². The van der Waals surface area contributed by atoms with Crippen LogP contribution in [-0.2, 0) is 0 Å². The molecule has 0 saturated heterocycles. The highest BCUT2D eigenvalue weighted by Crippen LogP contribution is 2.22. The first-order valence-electron chi connectivity index (χ1n) is 8.13. The van der Waals surface area contributed by atoms with Gasteiger partial charge in [-0.1, -0.05) is 6.07 Å². The molecule has 1 aromatic carbocycles. The standard InChI is InChI=1S/C18H20FN5OS/c1-12-21-17(22-24(12)14-8-6-13(19)7-9-14)18(25)20-11-15(23(2)3)16-5-4-10-26-16/h4-10,15H,11H2,1-3H3,(H,20,25). The van der Waals surface area contributed by atoms with Crippen molar-refractivity contribution in [3.8, 4) is 5.69 Å². The highest BCUT2D eigenvalue weighted by atomic mass is 32.1. The molecule has 1 amide bonds. The van der Waals surface area contributed by atoms with Crippen molar-refractivity contribution in [2.45, 2.75) is 13.0 Å². The molecule has 0 fully saturated rings. The lowest BCUT2D eigenvalue weighted by Crippen LogP contribution is -2.34. The summed E-state index contributed by atoms with van der Waals surface area (Å²) in [6.45, 7) is 2.21. The number of aromatic nitrogens is 3. The summed E-state index contributed by atoms with van der Waals surface area (Å²) in [6, 6.07) is 10.0. The lowest BCUT2D eigenvalue weighted by molar-refractivity contribution is 0.0932. The number of amides is 1. The SMILES string of the molecule is Cc1nc(C(=O)NCC(c2cccs2)N(C)C)nn1-c1ccc(F)cc1. The van der Waals surface area contributed by atoms with Crippen molar-refractivity contribution in [3.63, 3.8) is 0 Å². The van der Waals surface area contributed by atoms with E-state index in [2.05, 4.69) is 20.3 Å². The van der Waals surface area contributed by atoms with Gasteiger partial charge in [0.25, 0.3) is 5.91 Å². The van der Waals surface area contributed by atoms with Gasteiger partial charge in [0.2, 0.25) is 5.82 Å². The Kier molecular flexibility index (Phi) is 5.43. The number of hydrogen-bond acceptors (Lipinski definition) is 5. The molecule has 1 N–H and O–H groups in total. The maximum atomic E-state index is 13.1. The number of benzene rings is 1. The number of rotatable bonds is 6. The minimum Gasteiger partial charge on any atom is -0.347 e. The van der Waals surface area contributed by atoms with Crippen molar-refractivity contribution < 1.29 is 9.18 Å². The van der Waals surface area contributed by atoms with Crippen molar-refractivity contribution in [2.75, 3.05) is 20.6 Å². The number of carbonyl (C=O) groups excluding carboxylic acids is 1. The molecule has 3 rings (SSSR count). The Labute approximate surface area is 155 Å². The smallest absolute Gasteiger partial charge is 0.291 e. The average molecular weight is 373 g/mol. The normalized spacial score (nSPS) is 12.3. The fraction of sp³-hybridized carbons (Fsp3) is 0.278. The van der Waals surface area contributed by atoms with Crippen molar-refractivity contribution in [3.05, 3.63) is 64.1 Å². The molecular formula is C18H20FN5OS. The van der Waals surface area contributed by atoms with E-state index < -0.39 is 0 Å². The predicted octanol–water partition coefficient (Wildman–Crippen LogP) is 2.81. The fourth-order valence-electron chi connectivity index (χ4n) is 2.60. The number of nitrogens with zero attached hydrogens (tertiary/aromatic N) is 4. The van der Waals surface area contributed by atoms with E-state index in [4.69, 9.17) is 0 Å². The van der Waals surface area contributed by atoms with Gasteiger partial charge in [-0.05, 0) is 56.7 Å². The maximum Gasteiger partial charge on any atom is 0.291 e. The summed E-state index contributed by atoms with van der Waals surface area (Å²) in [5.74, 6) is -0.00941. The Morgan fingerprint density at radius 2 is 2.04 bits per heavy atom. The molecule has 6 nitrogen and oxygen atoms in total. The highest BCUT2D eigenvalue weighted by Gasteiger charge is 2.19. The van der Waals surface area contributed by atoms with Crippen LogP contribution in [-0.4, -0.2) is 46.2 Å². The number of carbonyl (C=O) groups is 1. The minimum absolute atomic E-state index is 0.0826. The molecule has 136 valence electrons. The summed E-state index contributed by atoms with van der Waals surface area (Å²) in [4.78, 5) is 19.9. The molecule has 1 atom stereocenters. The molecule has 26 heavy (non-hydrogen) atoms. The molecule has 1 unspecified atom stereocenters. The molecule has 2 heterocycles. The van der Waals surface area contributed by atoms with E-state index in [-0.39, 0.29) is 23.6 Å². The molecule has 0 saturated carbocycles. The molecule has 0 bridgehead atoms. The largest absolute Gasteiger partial charge is 0.347 e. The number of hydrogen-bond donors (Lipinski definition) is 1. The van der Waals surface area contributed by atoms with Gasteiger partial charge in [-0.2, -0.15) is 0 Å². The first kappa shape index (κ1) is 18.2. The second-order valence-electron chi connectivity index (χ2n) is 6.08. The van der Waals surface area contributed by atoms with Crippen LogP contribution in [0, 0.1) is 12.7 Å². The van der Waals surface area contributed by atoms with Crippen LogP contribution in [0.5, 0.6) is 0 Å². The van der Waals surface area contributed by atoms with Gasteiger partial charge in [0.1, 0.15) is 11.6 Å². The van der Waals surface area contributed by atoms with Crippen molar-refractivity contribution in [1.82, 2.24) is 25.0 Å². The Morgan fingerprint density at radius 3 is 2.65 bits per heavy atom. The number of thiophene rings is 1. The summed E-state index contributed by atoms with van der Waals surface area (Å²) in [6.07, 6.45) is 0. The Balaban J connectivity index is 1.72. The summed E-state index contributed by atoms with van der Waals surface area (Å²) < 4.78 is 14.6. The van der Waals surface area contributed by atoms with Gasteiger partial charge in [0, 0.05) is 11.4 Å². The van der Waals surface area contributed by atoms with Crippen LogP contribution >= 0.6 is 11.3 Å². The van der Waals surface area contributed by atoms with Crippen LogP contribution in [0.15, 0.2) is 41.8 Å². The number of likely N-dealkylation sites (N-methyl/N-ethyl adjacent to an activating group) is 1. The third-order valence-corrected chi connectivity index (χ3v) is 4.97. The molecule has 3 aromatic rings. The van der Waals surface area contributed by atoms with Crippen molar-refractivity contribution in [2.24, 2.45) is 0 Å². The lowest BCUT2D eigenvalue weighted by Gasteiger charge is -2.23. The Hall–Kier alpha value is -2.58. The molecule has 0 aliphatic carbocycles. The van der Waals surface area contributed by atoms with E-state index in [9.17, 15) is 9.18 Å². The zero-order valence-corrected chi connectivity index (χ0v) is 15.6. The Morgan fingerprint density at radius 1 is 1.31 bits per heavy atom. The van der Waals surface area contributed by atoms with Crippen LogP contribution in [0.1, 0.15) is 27.4 Å². The molecule has 0 aliphatic rings. The van der Waals surface area contributed by atoms with Gasteiger partial charge in [-0.3, -0.25) is 4.79 Å². The van der Waals surface area contributed by atoms with Gasteiger partial charge in [-0.25, -0.2) is 14.1 Å². The van der Waals surface area contributed by atoms with Gasteiger partial charge in [-0.15, -0.1) is 16.4 Å². The second-order valence-corrected chi connectivity index (χ2v) is 7.05. The molecule has 8 heteroatoms. The first-order chi connectivity index (χ1) is 12.5. The number of halogens is 1. The number of nitrogens with one attached hydrogen (secondary N) is 1. The zero-order chi connectivity index (χ0) is 18.7. The van der Waals surface area contributed by atoms with E-state index in [1.54, 1.807) is 30.4 Å². The minimum atomic E-state index is -0.336. The van der Waals surface area contributed by atoms with Gasteiger partial charge < -0.3 is 10.2 Å². The third kappa shape index (κ3) is 3.97. The summed E-state index contributed by atoms with van der Waals surface area (Å²) in [7, 11) is 3.95. The van der Waals surface area contributed by atoms with E-state index in [0.717, 1.165) is 0 Å². The molecule has 2 aromatic heterocycles. The summed E-state index contributed by atoms with van der Waals surface area (Å²) >= 11 is 1.65. The predicted molar refractivity (Wildman–Crippen MR) is 99.1 cm³/mol. The lowest BCUT2D eigenvalue weighted by atomic mass is 10.2. The van der Waals surface area contributed by atoms with Gasteiger partial charge in [0.15, 0.2) is 0 Å². The molecular weight excluding hydrogens is 353 g/mol. The van der Waals surface area contributed by atoms with Gasteiger partial charge >= 0.3 is 0 Å². The summed E-state index contributed by atoms with van der Waals surface area (Å²) in [5, 5.41) is 9.17. The third-order valence-electron chi connectivity index (χ3n) is 3.99. The Bertz CT molecular complexity index is 874. The maximum absolute atomic E-state index is 13.1. The molecule has 0 radical (unpaired) electrons. The van der Waals surface area contributed by atoms with Gasteiger partial charge in [0.05, 0.1) is 11.7 Å². The zero-order valence-electron chi connectivity index (χ0n) is 14.8. The average Bonchev–Trinajstić information content (AvgIpc) is 3.25. The van der Waals surface area contributed by atoms with E-state index in [0.29, 0.717) is 18.1 Å². The number of aryl methyl sites for hydroxylation is 1. The first-order valence-corrected chi connectivity index (χ1v) is 9.01. The van der Waals surface area contributed by atoms with Crippen LogP contribution < -0.4 is 5.32 Å². The van der Waals surface area contributed by atoms with Crippen LogP contribution in [0.25, 0.3) is 5.69 Å². The van der Waals surface area contributed by atoms with Crippen LogP contribution in [0.3, 0.4) is 0 Å².